The minimum Gasteiger partial charge on any atom is -0.379 e. The van der Waals surface area contributed by atoms with Gasteiger partial charge in [0.15, 0.2) is 5.69 Å². The zero-order valence-corrected chi connectivity index (χ0v) is 13.7. The number of rotatable bonds is 5. The Balaban J connectivity index is 1.66. The molecule has 0 spiro atoms. The Morgan fingerprint density at radius 3 is 2.83 bits per heavy atom. The molecule has 1 aliphatic rings. The van der Waals surface area contributed by atoms with Gasteiger partial charge in [0.25, 0.3) is 5.91 Å². The number of carbonyl (C=O) groups is 1. The van der Waals surface area contributed by atoms with Crippen LogP contribution in [0.15, 0.2) is 24.3 Å². The maximum Gasteiger partial charge on any atom is 0.272 e. The largest absolute Gasteiger partial charge is 0.379 e. The highest BCUT2D eigenvalue weighted by atomic mass is 16.5. The molecule has 0 unspecified atom stereocenters. The lowest BCUT2D eigenvalue weighted by atomic mass is 10.0. The Labute approximate surface area is 136 Å². The van der Waals surface area contributed by atoms with Gasteiger partial charge in [0, 0.05) is 31.1 Å². The number of ether oxygens (including phenoxy) is 1. The van der Waals surface area contributed by atoms with Crippen LogP contribution in [0.1, 0.15) is 24.3 Å². The van der Waals surface area contributed by atoms with E-state index in [9.17, 15) is 4.79 Å². The fraction of sp³-hybridized carbons (Fsp3) is 0.529. The van der Waals surface area contributed by atoms with Gasteiger partial charge in [-0.15, -0.1) is 0 Å². The molecular weight excluding hydrogens is 292 g/mol. The van der Waals surface area contributed by atoms with Gasteiger partial charge in [-0.25, -0.2) is 0 Å². The molecule has 0 aliphatic carbocycles. The number of nitrogens with one attached hydrogen (secondary N) is 2. The van der Waals surface area contributed by atoms with Crippen molar-refractivity contribution in [2.75, 3.05) is 32.8 Å². The number of nitrogens with zero attached hydrogens (tertiary/aromatic N) is 2. The van der Waals surface area contributed by atoms with Gasteiger partial charge in [0.05, 0.1) is 18.7 Å². The van der Waals surface area contributed by atoms with Crippen LogP contribution in [0.5, 0.6) is 0 Å². The molecule has 2 aromatic rings. The van der Waals surface area contributed by atoms with Crippen LogP contribution in [-0.2, 0) is 4.74 Å². The molecule has 23 heavy (non-hydrogen) atoms. The van der Waals surface area contributed by atoms with Crippen LogP contribution in [0, 0.1) is 5.92 Å². The first-order chi connectivity index (χ1) is 11.2. The summed E-state index contributed by atoms with van der Waals surface area (Å²) in [7, 11) is 0. The predicted octanol–water partition coefficient (Wildman–Crippen LogP) is 1.65. The molecule has 0 bridgehead atoms. The van der Waals surface area contributed by atoms with Gasteiger partial charge >= 0.3 is 0 Å². The number of hydrogen-bond acceptors (Lipinski definition) is 4. The number of aromatic nitrogens is 2. The number of aromatic amines is 1. The van der Waals surface area contributed by atoms with Gasteiger partial charge in [-0.2, -0.15) is 5.10 Å². The van der Waals surface area contributed by atoms with E-state index in [0.717, 1.165) is 37.2 Å². The van der Waals surface area contributed by atoms with Gasteiger partial charge in [-0.3, -0.25) is 14.8 Å². The van der Waals surface area contributed by atoms with Crippen LogP contribution < -0.4 is 5.32 Å². The highest BCUT2D eigenvalue weighted by Gasteiger charge is 2.25. The molecule has 1 amide bonds. The van der Waals surface area contributed by atoms with E-state index in [1.165, 1.54) is 0 Å². The number of hydrogen-bond donors (Lipinski definition) is 2. The molecule has 1 fully saturated rings. The van der Waals surface area contributed by atoms with Crippen molar-refractivity contribution in [2.24, 2.45) is 5.92 Å². The number of benzene rings is 1. The fourth-order valence-electron chi connectivity index (χ4n) is 3.11. The smallest absolute Gasteiger partial charge is 0.272 e. The van der Waals surface area contributed by atoms with E-state index in [-0.39, 0.29) is 5.91 Å². The molecule has 6 heteroatoms. The monoisotopic (exact) mass is 316 g/mol. The molecule has 124 valence electrons. The van der Waals surface area contributed by atoms with E-state index in [0.29, 0.717) is 24.2 Å². The summed E-state index contributed by atoms with van der Waals surface area (Å²) in [4.78, 5) is 14.9. The highest BCUT2D eigenvalue weighted by molar-refractivity contribution is 6.04. The summed E-state index contributed by atoms with van der Waals surface area (Å²) in [5.41, 5.74) is 1.34. The molecule has 1 atom stereocenters. The van der Waals surface area contributed by atoms with Crippen molar-refractivity contribution in [3.05, 3.63) is 30.0 Å². The Kier molecular flexibility index (Phi) is 4.93. The lowest BCUT2D eigenvalue weighted by Gasteiger charge is -2.36. The highest BCUT2D eigenvalue weighted by Crippen LogP contribution is 2.16. The predicted molar refractivity (Wildman–Crippen MR) is 89.4 cm³/mol. The van der Waals surface area contributed by atoms with Gasteiger partial charge in [0.2, 0.25) is 0 Å². The van der Waals surface area contributed by atoms with Gasteiger partial charge in [-0.1, -0.05) is 32.0 Å². The second-order valence-corrected chi connectivity index (χ2v) is 6.29. The minimum atomic E-state index is -0.124. The maximum atomic E-state index is 12.5. The average Bonchev–Trinajstić information content (AvgIpc) is 2.99. The SMILES string of the molecule is CC(C)[C@@H](CNC(=O)c1n[nH]c2ccccc12)N1CCOCC1. The summed E-state index contributed by atoms with van der Waals surface area (Å²) in [6.45, 7) is 8.38. The topological polar surface area (TPSA) is 70.2 Å². The van der Waals surface area contributed by atoms with Crippen LogP contribution in [0.25, 0.3) is 10.9 Å². The summed E-state index contributed by atoms with van der Waals surface area (Å²) >= 11 is 0. The van der Waals surface area contributed by atoms with Gasteiger partial charge < -0.3 is 10.1 Å². The average molecular weight is 316 g/mol. The Hall–Kier alpha value is -1.92. The molecule has 2 heterocycles. The number of para-hydroxylation sites is 1. The first kappa shape index (κ1) is 16.0. The van der Waals surface area contributed by atoms with Crippen molar-refractivity contribution in [2.45, 2.75) is 19.9 Å². The Morgan fingerprint density at radius 2 is 2.09 bits per heavy atom. The van der Waals surface area contributed by atoms with Crippen molar-refractivity contribution < 1.29 is 9.53 Å². The van der Waals surface area contributed by atoms with Crippen LogP contribution in [0.3, 0.4) is 0 Å². The number of amides is 1. The first-order valence-corrected chi connectivity index (χ1v) is 8.20. The molecule has 1 aromatic carbocycles. The van der Waals surface area contributed by atoms with E-state index < -0.39 is 0 Å². The molecule has 6 nitrogen and oxygen atoms in total. The lowest BCUT2D eigenvalue weighted by Crippen LogP contribution is -2.51. The number of morpholine rings is 1. The molecule has 0 saturated carbocycles. The number of fused-ring (bicyclic) bond motifs is 1. The van der Waals surface area contributed by atoms with Crippen molar-refractivity contribution in [3.8, 4) is 0 Å². The molecule has 1 aliphatic heterocycles. The minimum absolute atomic E-state index is 0.124. The van der Waals surface area contributed by atoms with Crippen LogP contribution in [0.2, 0.25) is 0 Å². The molecule has 2 N–H and O–H groups in total. The third-order valence-corrected chi connectivity index (χ3v) is 4.44. The zero-order chi connectivity index (χ0) is 16.2. The third-order valence-electron chi connectivity index (χ3n) is 4.44. The van der Waals surface area contributed by atoms with E-state index in [1.54, 1.807) is 0 Å². The van der Waals surface area contributed by atoms with Crippen molar-refractivity contribution in [1.29, 1.82) is 0 Å². The fourth-order valence-corrected chi connectivity index (χ4v) is 3.11. The summed E-state index contributed by atoms with van der Waals surface area (Å²) in [6, 6.07) is 7.99. The third kappa shape index (κ3) is 3.54. The Morgan fingerprint density at radius 1 is 1.35 bits per heavy atom. The number of carbonyl (C=O) groups excluding carboxylic acids is 1. The van der Waals surface area contributed by atoms with Gasteiger partial charge in [0.1, 0.15) is 0 Å². The van der Waals surface area contributed by atoms with Crippen molar-refractivity contribution in [3.63, 3.8) is 0 Å². The zero-order valence-electron chi connectivity index (χ0n) is 13.7. The quantitative estimate of drug-likeness (QED) is 0.880. The summed E-state index contributed by atoms with van der Waals surface area (Å²) < 4.78 is 5.42. The van der Waals surface area contributed by atoms with Crippen molar-refractivity contribution >= 4 is 16.8 Å². The molecule has 1 aromatic heterocycles. The van der Waals surface area contributed by atoms with Crippen LogP contribution >= 0.6 is 0 Å². The van der Waals surface area contributed by atoms with Crippen molar-refractivity contribution in [1.82, 2.24) is 20.4 Å². The summed E-state index contributed by atoms with van der Waals surface area (Å²) in [5.74, 6) is 0.339. The standard InChI is InChI=1S/C17H24N4O2/c1-12(2)15(21-7-9-23-10-8-21)11-18-17(22)16-13-5-3-4-6-14(13)19-20-16/h3-6,12,15H,7-11H2,1-2H3,(H,18,22)(H,19,20)/t15-/m1/s1. The van der Waals surface area contributed by atoms with E-state index in [2.05, 4.69) is 34.3 Å². The Bertz CT molecular complexity index is 661. The molecule has 3 rings (SSSR count). The lowest BCUT2D eigenvalue weighted by molar-refractivity contribution is 0.00672. The maximum absolute atomic E-state index is 12.5. The van der Waals surface area contributed by atoms with E-state index in [4.69, 9.17) is 4.74 Å². The molecular formula is C17H24N4O2. The van der Waals surface area contributed by atoms with Gasteiger partial charge in [-0.05, 0) is 12.0 Å². The second-order valence-electron chi connectivity index (χ2n) is 6.29. The van der Waals surface area contributed by atoms with E-state index >= 15 is 0 Å². The van der Waals surface area contributed by atoms with Crippen LogP contribution in [-0.4, -0.2) is 59.9 Å². The second kappa shape index (κ2) is 7.10. The normalized spacial score (nSPS) is 17.5. The summed E-state index contributed by atoms with van der Waals surface area (Å²) in [5, 5.41) is 11.0. The summed E-state index contributed by atoms with van der Waals surface area (Å²) in [6.07, 6.45) is 0. The van der Waals surface area contributed by atoms with Crippen LogP contribution in [0.4, 0.5) is 0 Å². The molecule has 0 radical (unpaired) electrons. The first-order valence-electron chi connectivity index (χ1n) is 8.20. The number of H-pyrrole nitrogens is 1. The van der Waals surface area contributed by atoms with E-state index in [1.807, 2.05) is 24.3 Å². The molecule has 1 saturated heterocycles.